The van der Waals surface area contributed by atoms with Crippen LogP contribution in [0.4, 0.5) is 8.78 Å². The Morgan fingerprint density at radius 2 is 1.75 bits per heavy atom. The molecule has 1 aromatic rings. The van der Waals surface area contributed by atoms with E-state index in [0.29, 0.717) is 6.42 Å². The van der Waals surface area contributed by atoms with Crippen LogP contribution in [0.1, 0.15) is 69.4 Å². The van der Waals surface area contributed by atoms with E-state index in [1.54, 1.807) is 6.92 Å². The zero-order valence-corrected chi connectivity index (χ0v) is 12.0. The average Bonchev–Trinajstić information content (AvgIpc) is 2.46. The number of carbonyl (C=O) groups excluding carboxylic acids is 1. The minimum Gasteiger partial charge on any atom is -0.300 e. The van der Waals surface area contributed by atoms with E-state index in [9.17, 15) is 13.6 Å². The third-order valence-corrected chi connectivity index (χ3v) is 4.54. The van der Waals surface area contributed by atoms with Crippen molar-refractivity contribution in [2.24, 2.45) is 0 Å². The predicted molar refractivity (Wildman–Crippen MR) is 76.1 cm³/mol. The maximum absolute atomic E-state index is 12.6. The number of ketones is 1. The lowest BCUT2D eigenvalue weighted by Crippen LogP contribution is -2.29. The van der Waals surface area contributed by atoms with E-state index in [2.05, 4.69) is 0 Å². The maximum Gasteiger partial charge on any atom is 0.263 e. The molecule has 3 heteroatoms. The first-order chi connectivity index (χ1) is 9.53. The van der Waals surface area contributed by atoms with Crippen LogP contribution in [0, 0.1) is 0 Å². The lowest BCUT2D eigenvalue weighted by atomic mass is 9.66. The number of benzene rings is 1. The van der Waals surface area contributed by atoms with Gasteiger partial charge in [-0.25, -0.2) is 8.78 Å². The molecule has 0 N–H and O–H groups in total. The van der Waals surface area contributed by atoms with Gasteiger partial charge in [0, 0.05) is 12.0 Å². The minimum absolute atomic E-state index is 0.0184. The highest BCUT2D eigenvalue weighted by Crippen LogP contribution is 2.43. The van der Waals surface area contributed by atoms with E-state index >= 15 is 0 Å². The van der Waals surface area contributed by atoms with Crippen molar-refractivity contribution in [2.45, 2.75) is 63.7 Å². The van der Waals surface area contributed by atoms with Crippen LogP contribution in [0.3, 0.4) is 0 Å². The normalized spacial score (nSPS) is 18.2. The minimum atomic E-state index is -2.41. The summed E-state index contributed by atoms with van der Waals surface area (Å²) in [7, 11) is 0. The molecule has 1 nitrogen and oxygen atoms in total. The van der Waals surface area contributed by atoms with Crippen molar-refractivity contribution < 1.29 is 13.6 Å². The number of carbonyl (C=O) groups is 1. The Balaban J connectivity index is 2.23. The summed E-state index contributed by atoms with van der Waals surface area (Å²) in [6.07, 6.45) is 4.69. The number of halogens is 2. The standard InChI is InChI=1S/C17H22F2O/c1-13(20)9-12-17(10-3-2-4-11-17)15-7-5-14(6-8-15)16(18)19/h5-8,16H,2-4,9-12H2,1H3. The maximum atomic E-state index is 12.6. The van der Waals surface area contributed by atoms with Gasteiger partial charge in [0.1, 0.15) is 5.78 Å². The lowest BCUT2D eigenvalue weighted by Gasteiger charge is -2.38. The Bertz CT molecular complexity index is 445. The van der Waals surface area contributed by atoms with Gasteiger partial charge in [0.05, 0.1) is 0 Å². The van der Waals surface area contributed by atoms with Crippen LogP contribution >= 0.6 is 0 Å². The second kappa shape index (κ2) is 6.47. The van der Waals surface area contributed by atoms with E-state index < -0.39 is 6.43 Å². The van der Waals surface area contributed by atoms with Gasteiger partial charge in [0.15, 0.2) is 0 Å². The molecule has 0 heterocycles. The van der Waals surface area contributed by atoms with Crippen molar-refractivity contribution in [3.63, 3.8) is 0 Å². The molecule has 1 aliphatic carbocycles. The summed E-state index contributed by atoms with van der Waals surface area (Å²) in [5.74, 6) is 0.208. The van der Waals surface area contributed by atoms with Crippen LogP contribution in [-0.2, 0) is 10.2 Å². The molecule has 0 radical (unpaired) electrons. The van der Waals surface area contributed by atoms with Gasteiger partial charge in [-0.15, -0.1) is 0 Å². The topological polar surface area (TPSA) is 17.1 Å². The van der Waals surface area contributed by atoms with Crippen LogP contribution in [0.2, 0.25) is 0 Å². The number of alkyl halides is 2. The molecular weight excluding hydrogens is 258 g/mol. The Hall–Kier alpha value is -1.25. The van der Waals surface area contributed by atoms with E-state index in [4.69, 9.17) is 0 Å². The van der Waals surface area contributed by atoms with Crippen molar-refractivity contribution >= 4 is 5.78 Å². The van der Waals surface area contributed by atoms with Crippen LogP contribution < -0.4 is 0 Å². The van der Waals surface area contributed by atoms with Gasteiger partial charge in [-0.1, -0.05) is 43.5 Å². The molecule has 110 valence electrons. The van der Waals surface area contributed by atoms with Gasteiger partial charge < -0.3 is 4.79 Å². The molecule has 2 rings (SSSR count). The molecule has 0 bridgehead atoms. The molecule has 1 aromatic carbocycles. The largest absolute Gasteiger partial charge is 0.300 e. The molecule has 0 atom stereocenters. The summed E-state index contributed by atoms with van der Waals surface area (Å²) in [6.45, 7) is 1.62. The van der Waals surface area contributed by atoms with Crippen molar-refractivity contribution in [1.82, 2.24) is 0 Å². The highest BCUT2D eigenvalue weighted by Gasteiger charge is 2.33. The summed E-state index contributed by atoms with van der Waals surface area (Å²) < 4.78 is 25.3. The monoisotopic (exact) mass is 280 g/mol. The van der Waals surface area contributed by atoms with Gasteiger partial charge in [0.25, 0.3) is 6.43 Å². The van der Waals surface area contributed by atoms with Gasteiger partial charge in [-0.3, -0.25) is 0 Å². The van der Waals surface area contributed by atoms with Gasteiger partial charge >= 0.3 is 0 Å². The van der Waals surface area contributed by atoms with Crippen LogP contribution in [0.25, 0.3) is 0 Å². The van der Waals surface area contributed by atoms with Crippen LogP contribution in [0.5, 0.6) is 0 Å². The van der Waals surface area contributed by atoms with Gasteiger partial charge in [0.2, 0.25) is 0 Å². The fourth-order valence-electron chi connectivity index (χ4n) is 3.31. The van der Waals surface area contributed by atoms with Gasteiger partial charge in [-0.2, -0.15) is 0 Å². The first kappa shape index (κ1) is 15.1. The molecule has 0 spiro atoms. The molecule has 0 unspecified atom stereocenters. The molecule has 20 heavy (non-hydrogen) atoms. The molecule has 1 fully saturated rings. The van der Waals surface area contributed by atoms with Crippen molar-refractivity contribution in [3.05, 3.63) is 35.4 Å². The van der Waals surface area contributed by atoms with Crippen LogP contribution in [-0.4, -0.2) is 5.78 Å². The Labute approximate surface area is 119 Å². The third-order valence-electron chi connectivity index (χ3n) is 4.54. The summed E-state index contributed by atoms with van der Waals surface area (Å²) in [6, 6.07) is 6.74. The third kappa shape index (κ3) is 3.44. The molecule has 0 aromatic heterocycles. The molecular formula is C17H22F2O. The second-order valence-electron chi connectivity index (χ2n) is 5.97. The number of hydrogen-bond donors (Lipinski definition) is 0. The molecule has 0 amide bonds. The van der Waals surface area contributed by atoms with Crippen LogP contribution in [0.15, 0.2) is 24.3 Å². The molecule has 1 aliphatic rings. The van der Waals surface area contributed by atoms with Crippen molar-refractivity contribution in [3.8, 4) is 0 Å². The highest BCUT2D eigenvalue weighted by molar-refractivity contribution is 5.75. The number of rotatable bonds is 5. The molecule has 0 aliphatic heterocycles. The number of Topliss-reactive ketones (excluding diaryl/α,β-unsaturated/α-hetero) is 1. The van der Waals surface area contributed by atoms with E-state index in [1.807, 2.05) is 12.1 Å². The zero-order valence-electron chi connectivity index (χ0n) is 12.0. The highest BCUT2D eigenvalue weighted by atomic mass is 19.3. The summed E-state index contributed by atoms with van der Waals surface area (Å²) in [5.41, 5.74) is 1.22. The first-order valence-electron chi connectivity index (χ1n) is 7.41. The zero-order chi connectivity index (χ0) is 14.6. The average molecular weight is 280 g/mol. The molecule has 0 saturated heterocycles. The quantitative estimate of drug-likeness (QED) is 0.725. The lowest BCUT2D eigenvalue weighted by molar-refractivity contribution is -0.117. The van der Waals surface area contributed by atoms with E-state index in [1.165, 1.54) is 18.6 Å². The smallest absolute Gasteiger partial charge is 0.263 e. The Morgan fingerprint density at radius 1 is 1.15 bits per heavy atom. The summed E-state index contributed by atoms with van der Waals surface area (Å²) in [5, 5.41) is 0. The number of hydrogen-bond acceptors (Lipinski definition) is 1. The summed E-state index contributed by atoms with van der Waals surface area (Å²) in [4.78, 5) is 11.3. The Morgan fingerprint density at radius 3 is 2.25 bits per heavy atom. The Kier molecular flexibility index (Phi) is 4.90. The summed E-state index contributed by atoms with van der Waals surface area (Å²) >= 11 is 0. The van der Waals surface area contributed by atoms with Crippen molar-refractivity contribution in [1.29, 1.82) is 0 Å². The second-order valence-corrected chi connectivity index (χ2v) is 5.97. The predicted octanol–water partition coefficient (Wildman–Crippen LogP) is 5.20. The van der Waals surface area contributed by atoms with E-state index in [-0.39, 0.29) is 16.8 Å². The first-order valence-corrected chi connectivity index (χ1v) is 7.41. The SMILES string of the molecule is CC(=O)CCC1(c2ccc(C(F)F)cc2)CCCCC1. The fourth-order valence-corrected chi connectivity index (χ4v) is 3.31. The molecule has 1 saturated carbocycles. The fraction of sp³-hybridized carbons (Fsp3) is 0.588. The van der Waals surface area contributed by atoms with Gasteiger partial charge in [-0.05, 0) is 37.2 Å². The van der Waals surface area contributed by atoms with E-state index in [0.717, 1.165) is 37.7 Å². The van der Waals surface area contributed by atoms with Crippen molar-refractivity contribution in [2.75, 3.05) is 0 Å².